The van der Waals surface area contributed by atoms with Crippen LogP contribution in [0.5, 0.6) is 0 Å². The van der Waals surface area contributed by atoms with Gasteiger partial charge >= 0.3 is 0 Å². The lowest BCUT2D eigenvalue weighted by Gasteiger charge is -2.29. The summed E-state index contributed by atoms with van der Waals surface area (Å²) in [5.41, 5.74) is 0. The highest BCUT2D eigenvalue weighted by Crippen LogP contribution is 2.25. The highest BCUT2D eigenvalue weighted by molar-refractivity contribution is 9.09. The number of likely N-dealkylation sites (N-methyl/N-ethyl adjacent to an activating group) is 1. The molecule has 0 aromatic heterocycles. The molecule has 1 aliphatic heterocycles. The van der Waals surface area contributed by atoms with Gasteiger partial charge in [0.05, 0.1) is 19.2 Å². The lowest BCUT2D eigenvalue weighted by atomic mass is 10.3. The summed E-state index contributed by atoms with van der Waals surface area (Å²) >= 11 is 5.38. The molecular formula is C10H19BrN2OS. The molecule has 88 valence electrons. The summed E-state index contributed by atoms with van der Waals surface area (Å²) in [7, 11) is 1.75. The molecular weight excluding hydrogens is 276 g/mol. The van der Waals surface area contributed by atoms with E-state index in [1.54, 1.807) is 7.11 Å². The average molecular weight is 295 g/mol. The zero-order valence-electron chi connectivity index (χ0n) is 9.57. The molecule has 0 N–H and O–H groups in total. The topological polar surface area (TPSA) is 24.8 Å². The van der Waals surface area contributed by atoms with Crippen molar-refractivity contribution in [3.8, 4) is 0 Å². The van der Waals surface area contributed by atoms with Crippen molar-refractivity contribution in [2.45, 2.75) is 25.1 Å². The zero-order chi connectivity index (χ0) is 11.3. The molecule has 3 nitrogen and oxygen atoms in total. The molecule has 2 atom stereocenters. The summed E-state index contributed by atoms with van der Waals surface area (Å²) in [6.45, 7) is 7.02. The molecule has 0 fully saturated rings. The summed E-state index contributed by atoms with van der Waals surface area (Å²) in [5.74, 6) is 0. The Hall–Kier alpha value is 0.260. The first kappa shape index (κ1) is 13.3. The fourth-order valence-corrected chi connectivity index (χ4v) is 3.31. The van der Waals surface area contributed by atoms with E-state index in [1.807, 2.05) is 11.8 Å². The number of rotatable bonds is 5. The minimum atomic E-state index is 0.403. The number of hydrogen-bond acceptors (Lipinski definition) is 4. The van der Waals surface area contributed by atoms with Crippen molar-refractivity contribution in [1.82, 2.24) is 4.90 Å². The lowest BCUT2D eigenvalue weighted by molar-refractivity contribution is 0.139. The fourth-order valence-electron chi connectivity index (χ4n) is 1.61. The van der Waals surface area contributed by atoms with E-state index in [1.165, 1.54) is 5.17 Å². The highest BCUT2D eigenvalue weighted by atomic mass is 79.9. The van der Waals surface area contributed by atoms with Gasteiger partial charge in [0.2, 0.25) is 0 Å². The molecule has 2 unspecified atom stereocenters. The van der Waals surface area contributed by atoms with Crippen LogP contribution in [-0.2, 0) is 4.74 Å². The van der Waals surface area contributed by atoms with Crippen molar-refractivity contribution in [2.24, 2.45) is 4.99 Å². The predicted octanol–water partition coefficient (Wildman–Crippen LogP) is 2.21. The van der Waals surface area contributed by atoms with Gasteiger partial charge in [-0.1, -0.05) is 27.7 Å². The minimum Gasteiger partial charge on any atom is -0.383 e. The van der Waals surface area contributed by atoms with E-state index >= 15 is 0 Å². The third-order valence-corrected chi connectivity index (χ3v) is 4.83. The second-order valence-corrected chi connectivity index (χ2v) is 5.52. The van der Waals surface area contributed by atoms with Gasteiger partial charge in [-0.05, 0) is 13.8 Å². The lowest BCUT2D eigenvalue weighted by Crippen LogP contribution is -2.39. The first-order chi connectivity index (χ1) is 7.22. The van der Waals surface area contributed by atoms with Crippen molar-refractivity contribution >= 4 is 32.9 Å². The minimum absolute atomic E-state index is 0.403. The normalized spacial score (nSPS) is 22.7. The van der Waals surface area contributed by atoms with Crippen molar-refractivity contribution in [3.05, 3.63) is 0 Å². The molecule has 1 rings (SSSR count). The molecule has 0 aromatic carbocycles. The van der Waals surface area contributed by atoms with E-state index in [4.69, 9.17) is 4.74 Å². The van der Waals surface area contributed by atoms with E-state index in [-0.39, 0.29) is 0 Å². The summed E-state index contributed by atoms with van der Waals surface area (Å²) in [4.78, 5) is 6.90. The van der Waals surface area contributed by atoms with Gasteiger partial charge in [-0.25, -0.2) is 0 Å². The number of hydrogen-bond donors (Lipinski definition) is 0. The maximum absolute atomic E-state index is 5.18. The van der Waals surface area contributed by atoms with E-state index in [9.17, 15) is 0 Å². The smallest absolute Gasteiger partial charge is 0.159 e. The van der Waals surface area contributed by atoms with Gasteiger partial charge in [-0.15, -0.1) is 0 Å². The molecule has 0 saturated heterocycles. The number of methoxy groups -OCH3 is 1. The number of thioether (sulfide) groups is 1. The van der Waals surface area contributed by atoms with Crippen molar-refractivity contribution in [3.63, 3.8) is 0 Å². The number of aliphatic imine (C=N–C) groups is 1. The van der Waals surface area contributed by atoms with E-state index in [0.29, 0.717) is 11.3 Å². The van der Waals surface area contributed by atoms with Crippen LogP contribution < -0.4 is 0 Å². The van der Waals surface area contributed by atoms with Crippen LogP contribution in [0, 0.1) is 0 Å². The Balaban J connectivity index is 2.52. The Kier molecular flexibility index (Phi) is 6.00. The maximum atomic E-state index is 5.18. The van der Waals surface area contributed by atoms with Gasteiger partial charge < -0.3 is 9.64 Å². The Bertz CT molecular complexity index is 225. The Morgan fingerprint density at radius 2 is 2.47 bits per heavy atom. The van der Waals surface area contributed by atoms with E-state index < -0.39 is 0 Å². The Morgan fingerprint density at radius 1 is 1.73 bits per heavy atom. The summed E-state index contributed by atoms with van der Waals surface area (Å²) in [5, 5.41) is 2.79. The summed E-state index contributed by atoms with van der Waals surface area (Å²) in [6.07, 6.45) is 0. The van der Waals surface area contributed by atoms with Crippen LogP contribution in [0.3, 0.4) is 0 Å². The third-order valence-electron chi connectivity index (χ3n) is 2.40. The first-order valence-corrected chi connectivity index (χ1v) is 7.25. The van der Waals surface area contributed by atoms with E-state index in [0.717, 1.165) is 25.0 Å². The third kappa shape index (κ3) is 3.64. The molecule has 0 aromatic rings. The van der Waals surface area contributed by atoms with Crippen LogP contribution in [0.25, 0.3) is 0 Å². The van der Waals surface area contributed by atoms with Gasteiger partial charge in [-0.2, -0.15) is 0 Å². The summed E-state index contributed by atoms with van der Waals surface area (Å²) in [6, 6.07) is 0.403. The zero-order valence-corrected chi connectivity index (χ0v) is 12.0. The molecule has 1 aliphatic rings. The van der Waals surface area contributed by atoms with Gasteiger partial charge in [-0.3, -0.25) is 4.99 Å². The predicted molar refractivity (Wildman–Crippen MR) is 71.2 cm³/mol. The van der Waals surface area contributed by atoms with Gasteiger partial charge in [0.25, 0.3) is 0 Å². The maximum Gasteiger partial charge on any atom is 0.159 e. The number of ether oxygens (including phenoxy) is 1. The van der Waals surface area contributed by atoms with Gasteiger partial charge in [0.1, 0.15) is 0 Å². The van der Waals surface area contributed by atoms with Crippen LogP contribution in [0.1, 0.15) is 13.8 Å². The van der Waals surface area contributed by atoms with Crippen LogP contribution in [0.15, 0.2) is 4.99 Å². The highest BCUT2D eigenvalue weighted by Gasteiger charge is 2.25. The quantitative estimate of drug-likeness (QED) is 0.727. The Labute approximate surface area is 105 Å². The van der Waals surface area contributed by atoms with Gasteiger partial charge in [0, 0.05) is 24.2 Å². The Morgan fingerprint density at radius 3 is 2.93 bits per heavy atom. The summed E-state index contributed by atoms with van der Waals surface area (Å²) < 4.78 is 5.18. The van der Waals surface area contributed by atoms with Crippen LogP contribution in [0.2, 0.25) is 0 Å². The second-order valence-electron chi connectivity index (χ2n) is 3.61. The molecule has 1 heterocycles. The monoisotopic (exact) mass is 294 g/mol. The van der Waals surface area contributed by atoms with Crippen molar-refractivity contribution < 1.29 is 4.74 Å². The van der Waals surface area contributed by atoms with Gasteiger partial charge in [0.15, 0.2) is 5.17 Å². The van der Waals surface area contributed by atoms with Crippen molar-refractivity contribution in [1.29, 1.82) is 0 Å². The first-order valence-electron chi connectivity index (χ1n) is 5.25. The SMILES string of the molecule is CCN(C1=NCC(CBr)S1)C(C)COC. The van der Waals surface area contributed by atoms with Crippen LogP contribution in [-0.4, -0.2) is 53.5 Å². The number of halogens is 1. The standard InChI is InChI=1S/C10H19BrN2OS/c1-4-13(8(2)7-14-3)10-12-6-9(5-11)15-10/h8-9H,4-7H2,1-3H3. The van der Waals surface area contributed by atoms with E-state index in [2.05, 4.69) is 39.7 Å². The average Bonchev–Trinajstić information content (AvgIpc) is 2.68. The fraction of sp³-hybridized carbons (Fsp3) is 0.900. The number of alkyl halides is 1. The van der Waals surface area contributed by atoms with Crippen LogP contribution in [0.4, 0.5) is 0 Å². The molecule has 15 heavy (non-hydrogen) atoms. The van der Waals surface area contributed by atoms with Crippen molar-refractivity contribution in [2.75, 3.05) is 32.1 Å². The molecule has 0 saturated carbocycles. The molecule has 0 aliphatic carbocycles. The molecule has 0 bridgehead atoms. The molecule has 0 spiro atoms. The second kappa shape index (κ2) is 6.76. The molecule has 0 radical (unpaired) electrons. The van der Waals surface area contributed by atoms with Crippen LogP contribution >= 0.6 is 27.7 Å². The largest absolute Gasteiger partial charge is 0.383 e. The molecule has 5 heteroatoms. The molecule has 0 amide bonds. The number of amidine groups is 1. The number of nitrogens with zero attached hydrogens (tertiary/aromatic N) is 2.